The molecule has 0 amide bonds. The van der Waals surface area contributed by atoms with Gasteiger partial charge in [-0.25, -0.2) is 4.68 Å². The molecule has 0 aliphatic rings. The summed E-state index contributed by atoms with van der Waals surface area (Å²) in [7, 11) is 3.35. The Balaban J connectivity index is 2.90. The van der Waals surface area contributed by atoms with Crippen molar-refractivity contribution in [3.05, 3.63) is 27.7 Å². The van der Waals surface area contributed by atoms with Gasteiger partial charge in [-0.15, -0.1) is 0 Å². The highest BCUT2D eigenvalue weighted by Crippen LogP contribution is 2.19. The number of aryl methyl sites for hydroxylation is 1. The summed E-state index contributed by atoms with van der Waals surface area (Å²) in [5, 5.41) is 7.48. The van der Waals surface area contributed by atoms with Gasteiger partial charge in [0.15, 0.2) is 0 Å². The summed E-state index contributed by atoms with van der Waals surface area (Å²) in [6.45, 7) is 8.16. The molecule has 0 spiro atoms. The van der Waals surface area contributed by atoms with Crippen LogP contribution < -0.4 is 10.9 Å². The van der Waals surface area contributed by atoms with Crippen LogP contribution in [-0.4, -0.2) is 30.0 Å². The molecule has 0 saturated heterocycles. The first-order valence-electron chi connectivity index (χ1n) is 6.13. The van der Waals surface area contributed by atoms with Gasteiger partial charge in [-0.05, 0) is 6.07 Å². The molecular weight excluding hydrogens is 230 g/mol. The summed E-state index contributed by atoms with van der Waals surface area (Å²) in [5.74, 6) is 0. The third kappa shape index (κ3) is 3.92. The van der Waals surface area contributed by atoms with Gasteiger partial charge in [0.05, 0.1) is 12.3 Å². The summed E-state index contributed by atoms with van der Waals surface area (Å²) in [6, 6.07) is 1.89. The van der Waals surface area contributed by atoms with E-state index in [4.69, 9.17) is 4.74 Å². The molecule has 0 aliphatic carbocycles. The highest BCUT2D eigenvalue weighted by atomic mass is 16.5. The second-order valence-electron chi connectivity index (χ2n) is 5.40. The van der Waals surface area contributed by atoms with Crippen LogP contribution in [0.2, 0.25) is 0 Å². The molecule has 0 fully saturated rings. The lowest BCUT2D eigenvalue weighted by molar-refractivity contribution is 0.199. The van der Waals surface area contributed by atoms with E-state index in [2.05, 4.69) is 31.2 Å². The van der Waals surface area contributed by atoms with E-state index in [1.165, 1.54) is 4.68 Å². The first-order valence-corrected chi connectivity index (χ1v) is 6.13. The van der Waals surface area contributed by atoms with Crippen LogP contribution in [0.15, 0.2) is 10.9 Å². The van der Waals surface area contributed by atoms with Crippen molar-refractivity contribution in [3.8, 4) is 0 Å². The van der Waals surface area contributed by atoms with Crippen molar-refractivity contribution >= 4 is 0 Å². The first kappa shape index (κ1) is 14.9. The summed E-state index contributed by atoms with van der Waals surface area (Å²) in [4.78, 5) is 11.9. The van der Waals surface area contributed by atoms with Crippen LogP contribution in [0, 0.1) is 0 Å². The fourth-order valence-electron chi connectivity index (χ4n) is 1.56. The minimum Gasteiger partial charge on any atom is -0.383 e. The number of hydrogen-bond donors (Lipinski definition) is 1. The van der Waals surface area contributed by atoms with Gasteiger partial charge in [0, 0.05) is 38.2 Å². The summed E-state index contributed by atoms with van der Waals surface area (Å²) >= 11 is 0. The highest BCUT2D eigenvalue weighted by Gasteiger charge is 2.18. The number of nitrogens with one attached hydrogen (secondary N) is 1. The molecule has 0 unspecified atom stereocenters. The summed E-state index contributed by atoms with van der Waals surface area (Å²) in [6.07, 6.45) is 0. The topological polar surface area (TPSA) is 56.1 Å². The molecule has 18 heavy (non-hydrogen) atoms. The van der Waals surface area contributed by atoms with E-state index in [9.17, 15) is 4.79 Å². The van der Waals surface area contributed by atoms with Gasteiger partial charge in [0.1, 0.15) is 0 Å². The molecule has 0 bridgehead atoms. The maximum Gasteiger partial charge on any atom is 0.270 e. The minimum absolute atomic E-state index is 0.0482. The van der Waals surface area contributed by atoms with Crippen molar-refractivity contribution in [3.63, 3.8) is 0 Å². The Morgan fingerprint density at radius 1 is 1.44 bits per heavy atom. The third-order valence-corrected chi connectivity index (χ3v) is 2.70. The molecule has 0 radical (unpaired) electrons. The fraction of sp³-hybridized carbons (Fsp3) is 0.692. The average Bonchev–Trinajstić information content (AvgIpc) is 2.28. The average molecular weight is 253 g/mol. The maximum absolute atomic E-state index is 11.9. The van der Waals surface area contributed by atoms with Gasteiger partial charge in [-0.1, -0.05) is 20.8 Å². The molecule has 1 N–H and O–H groups in total. The van der Waals surface area contributed by atoms with E-state index in [1.807, 2.05) is 6.07 Å². The van der Waals surface area contributed by atoms with Crippen molar-refractivity contribution in [2.75, 3.05) is 20.3 Å². The van der Waals surface area contributed by atoms with Crippen molar-refractivity contribution in [2.45, 2.75) is 32.7 Å². The Morgan fingerprint density at radius 3 is 2.67 bits per heavy atom. The quantitative estimate of drug-likeness (QED) is 0.789. The summed E-state index contributed by atoms with van der Waals surface area (Å²) < 4.78 is 6.36. The molecule has 5 nitrogen and oxygen atoms in total. The van der Waals surface area contributed by atoms with Crippen LogP contribution in [-0.2, 0) is 23.7 Å². The Hall–Kier alpha value is -1.20. The monoisotopic (exact) mass is 253 g/mol. The number of aromatic nitrogens is 2. The minimum atomic E-state index is -0.0628. The molecular formula is C13H23N3O2. The number of rotatable bonds is 5. The van der Waals surface area contributed by atoms with Crippen LogP contribution in [0.4, 0.5) is 0 Å². The van der Waals surface area contributed by atoms with Crippen LogP contribution in [0.3, 0.4) is 0 Å². The van der Waals surface area contributed by atoms with Gasteiger partial charge in [-0.3, -0.25) is 4.79 Å². The van der Waals surface area contributed by atoms with Gasteiger partial charge < -0.3 is 10.1 Å². The summed E-state index contributed by atoms with van der Waals surface area (Å²) in [5.41, 5.74) is 1.56. The van der Waals surface area contributed by atoms with E-state index in [0.29, 0.717) is 13.2 Å². The van der Waals surface area contributed by atoms with E-state index in [1.54, 1.807) is 14.2 Å². The van der Waals surface area contributed by atoms with E-state index in [0.717, 1.165) is 17.8 Å². The molecule has 0 aromatic carbocycles. The Bertz CT molecular complexity index is 447. The van der Waals surface area contributed by atoms with Crippen molar-refractivity contribution in [1.82, 2.24) is 15.1 Å². The molecule has 0 aliphatic heterocycles. The van der Waals surface area contributed by atoms with Crippen LogP contribution in [0.5, 0.6) is 0 Å². The van der Waals surface area contributed by atoms with E-state index in [-0.39, 0.29) is 11.0 Å². The Kier molecular flexibility index (Phi) is 5.04. The smallest absolute Gasteiger partial charge is 0.270 e. The lowest BCUT2D eigenvalue weighted by Gasteiger charge is -2.19. The zero-order valence-electron chi connectivity index (χ0n) is 11.9. The molecule has 1 heterocycles. The SMILES string of the molecule is COCCNCc1cc(C(C)(C)C)nn(C)c1=O. The van der Waals surface area contributed by atoms with Crippen LogP contribution in [0.25, 0.3) is 0 Å². The van der Waals surface area contributed by atoms with Crippen LogP contribution >= 0.6 is 0 Å². The molecule has 1 aromatic heterocycles. The number of ether oxygens (including phenoxy) is 1. The lowest BCUT2D eigenvalue weighted by Crippen LogP contribution is -2.31. The lowest BCUT2D eigenvalue weighted by atomic mass is 9.91. The van der Waals surface area contributed by atoms with E-state index >= 15 is 0 Å². The molecule has 102 valence electrons. The van der Waals surface area contributed by atoms with Crippen molar-refractivity contribution < 1.29 is 4.74 Å². The van der Waals surface area contributed by atoms with Crippen molar-refractivity contribution in [1.29, 1.82) is 0 Å². The van der Waals surface area contributed by atoms with Gasteiger partial charge >= 0.3 is 0 Å². The number of hydrogen-bond acceptors (Lipinski definition) is 4. The normalized spacial score (nSPS) is 11.8. The Labute approximate surface area is 108 Å². The van der Waals surface area contributed by atoms with Crippen LogP contribution in [0.1, 0.15) is 32.0 Å². The largest absolute Gasteiger partial charge is 0.383 e. The fourth-order valence-corrected chi connectivity index (χ4v) is 1.56. The highest BCUT2D eigenvalue weighted by molar-refractivity contribution is 5.19. The second-order valence-corrected chi connectivity index (χ2v) is 5.40. The predicted octanol–water partition coefficient (Wildman–Crippen LogP) is 0.814. The zero-order chi connectivity index (χ0) is 13.8. The van der Waals surface area contributed by atoms with Crippen molar-refractivity contribution in [2.24, 2.45) is 7.05 Å². The van der Waals surface area contributed by atoms with Gasteiger partial charge in [0.2, 0.25) is 0 Å². The molecule has 1 rings (SSSR count). The number of nitrogens with zero attached hydrogens (tertiary/aromatic N) is 2. The first-order chi connectivity index (χ1) is 8.36. The Morgan fingerprint density at radius 2 is 2.11 bits per heavy atom. The standard InChI is InChI=1S/C13H23N3O2/c1-13(2,3)11-8-10(9-14-6-7-18-5)12(17)16(4)15-11/h8,14H,6-7,9H2,1-5H3. The van der Waals surface area contributed by atoms with Gasteiger partial charge in [-0.2, -0.15) is 5.10 Å². The zero-order valence-corrected chi connectivity index (χ0v) is 11.9. The third-order valence-electron chi connectivity index (χ3n) is 2.70. The van der Waals surface area contributed by atoms with Gasteiger partial charge in [0.25, 0.3) is 5.56 Å². The molecule has 0 atom stereocenters. The number of methoxy groups -OCH3 is 1. The second kappa shape index (κ2) is 6.11. The molecule has 1 aromatic rings. The maximum atomic E-state index is 11.9. The predicted molar refractivity (Wildman–Crippen MR) is 71.8 cm³/mol. The molecule has 0 saturated carbocycles. The molecule has 5 heteroatoms. The van der Waals surface area contributed by atoms with E-state index < -0.39 is 0 Å².